The van der Waals surface area contributed by atoms with Gasteiger partial charge in [0.05, 0.1) is 0 Å². The number of halogens is 1. The van der Waals surface area contributed by atoms with Crippen LogP contribution in [0.1, 0.15) is 37.2 Å². The maximum Gasteiger partial charge on any atom is 0.270 e. The van der Waals surface area contributed by atoms with E-state index in [1.165, 1.54) is 18.2 Å². The zero-order chi connectivity index (χ0) is 12.9. The van der Waals surface area contributed by atoms with E-state index < -0.39 is 17.4 Å². The monoisotopic (exact) mass is 240 g/mol. The van der Waals surface area contributed by atoms with Crippen molar-refractivity contribution in [1.82, 2.24) is 10.3 Å². The van der Waals surface area contributed by atoms with Gasteiger partial charge in [-0.25, -0.2) is 4.98 Å². The summed E-state index contributed by atoms with van der Waals surface area (Å²) in [5.41, 5.74) is -0.456. The van der Waals surface area contributed by atoms with Crippen molar-refractivity contribution in [2.24, 2.45) is 0 Å². The highest BCUT2D eigenvalue weighted by Gasteiger charge is 2.24. The smallest absolute Gasteiger partial charge is 0.270 e. The normalized spacial score (nSPS) is 14.1. The number of hydrogen-bond donors (Lipinski definition) is 2. The second-order valence-corrected chi connectivity index (χ2v) is 4.19. The molecule has 1 amide bonds. The molecule has 0 spiro atoms. The van der Waals surface area contributed by atoms with Crippen molar-refractivity contribution in [2.45, 2.75) is 32.2 Å². The molecule has 0 fully saturated rings. The third kappa shape index (κ3) is 3.78. The summed E-state index contributed by atoms with van der Waals surface area (Å²) < 4.78 is 12.9. The molecule has 2 N–H and O–H groups in total. The van der Waals surface area contributed by atoms with Crippen LogP contribution in [0, 0.1) is 5.95 Å². The van der Waals surface area contributed by atoms with Gasteiger partial charge in [-0.05, 0) is 31.9 Å². The number of nitrogens with zero attached hydrogens (tertiary/aromatic N) is 1. The third-order valence-corrected chi connectivity index (χ3v) is 2.81. The number of nitrogens with one attached hydrogen (secondary N) is 1. The number of amides is 1. The lowest BCUT2D eigenvalue weighted by atomic mass is 9.94. The molecule has 0 saturated carbocycles. The van der Waals surface area contributed by atoms with Gasteiger partial charge in [0.25, 0.3) is 5.91 Å². The number of aliphatic hydroxyl groups is 1. The molecule has 1 rings (SSSR count). The van der Waals surface area contributed by atoms with Crippen molar-refractivity contribution >= 4 is 5.91 Å². The lowest BCUT2D eigenvalue weighted by Gasteiger charge is -2.28. The number of hydrogen-bond acceptors (Lipinski definition) is 3. The number of aliphatic hydroxyl groups excluding tert-OH is 1. The zero-order valence-electron chi connectivity index (χ0n) is 10.0. The van der Waals surface area contributed by atoms with Gasteiger partial charge < -0.3 is 10.4 Å². The first-order chi connectivity index (χ1) is 8.00. The summed E-state index contributed by atoms with van der Waals surface area (Å²) >= 11 is 0. The predicted molar refractivity (Wildman–Crippen MR) is 62.1 cm³/mol. The highest BCUT2D eigenvalue weighted by atomic mass is 19.1. The Bertz CT molecular complexity index is 398. The topological polar surface area (TPSA) is 62.2 Å². The number of rotatable bonds is 5. The molecule has 5 heteroatoms. The quantitative estimate of drug-likeness (QED) is 0.767. The molecule has 0 aromatic carbocycles. The summed E-state index contributed by atoms with van der Waals surface area (Å²) in [5, 5.41) is 11.7. The van der Waals surface area contributed by atoms with Crippen LogP contribution in [-0.2, 0) is 0 Å². The Morgan fingerprint density at radius 1 is 1.59 bits per heavy atom. The van der Waals surface area contributed by atoms with Crippen LogP contribution in [-0.4, -0.2) is 28.1 Å². The summed E-state index contributed by atoms with van der Waals surface area (Å²) in [4.78, 5) is 15.3. The first kappa shape index (κ1) is 13.6. The fraction of sp³-hybridized carbons (Fsp3) is 0.500. The second kappa shape index (κ2) is 5.72. The number of carbonyl (C=O) groups excluding carboxylic acids is 1. The van der Waals surface area contributed by atoms with Gasteiger partial charge in [0.1, 0.15) is 5.69 Å². The molecule has 0 aliphatic heterocycles. The van der Waals surface area contributed by atoms with E-state index in [1.807, 2.05) is 13.8 Å². The molecular formula is C12H17FN2O2. The number of carbonyl (C=O) groups is 1. The molecule has 0 saturated heterocycles. The fourth-order valence-electron chi connectivity index (χ4n) is 1.45. The van der Waals surface area contributed by atoms with Crippen molar-refractivity contribution in [3.63, 3.8) is 0 Å². The summed E-state index contributed by atoms with van der Waals surface area (Å²) in [6.07, 6.45) is 1.12. The van der Waals surface area contributed by atoms with Crippen molar-refractivity contribution in [3.8, 4) is 0 Å². The van der Waals surface area contributed by atoms with E-state index in [4.69, 9.17) is 5.11 Å². The van der Waals surface area contributed by atoms with E-state index in [0.29, 0.717) is 12.8 Å². The lowest BCUT2D eigenvalue weighted by molar-refractivity contribution is 0.0880. The van der Waals surface area contributed by atoms with Crippen molar-refractivity contribution in [1.29, 1.82) is 0 Å². The van der Waals surface area contributed by atoms with Gasteiger partial charge in [-0.3, -0.25) is 4.79 Å². The molecule has 0 aliphatic carbocycles. The van der Waals surface area contributed by atoms with Crippen LogP contribution in [0.4, 0.5) is 4.39 Å². The maximum absolute atomic E-state index is 12.9. The number of pyridine rings is 1. The Morgan fingerprint density at radius 3 is 2.82 bits per heavy atom. The molecular weight excluding hydrogens is 223 g/mol. The van der Waals surface area contributed by atoms with E-state index in [2.05, 4.69) is 10.3 Å². The average Bonchev–Trinajstić information content (AvgIpc) is 2.29. The largest absolute Gasteiger partial charge is 0.396 e. The molecule has 4 nitrogen and oxygen atoms in total. The Balaban J connectivity index is 2.77. The van der Waals surface area contributed by atoms with E-state index in [0.717, 1.165) is 0 Å². The van der Waals surface area contributed by atoms with E-state index in [-0.39, 0.29) is 12.3 Å². The Hall–Kier alpha value is -1.49. The van der Waals surface area contributed by atoms with Crippen molar-refractivity contribution < 1.29 is 14.3 Å². The minimum atomic E-state index is -0.682. The molecule has 1 aromatic heterocycles. The van der Waals surface area contributed by atoms with Gasteiger partial charge in [-0.2, -0.15) is 4.39 Å². The van der Waals surface area contributed by atoms with Crippen molar-refractivity contribution in [2.75, 3.05) is 6.61 Å². The molecule has 0 radical (unpaired) electrons. The van der Waals surface area contributed by atoms with Crippen LogP contribution < -0.4 is 5.32 Å². The van der Waals surface area contributed by atoms with Crippen molar-refractivity contribution in [3.05, 3.63) is 29.8 Å². The SMILES string of the molecule is CCC(C)(CCO)NC(=O)c1cccc(F)n1. The first-order valence-corrected chi connectivity index (χ1v) is 5.56. The van der Waals surface area contributed by atoms with Gasteiger partial charge in [0.15, 0.2) is 0 Å². The second-order valence-electron chi connectivity index (χ2n) is 4.19. The van der Waals surface area contributed by atoms with Crippen LogP contribution in [0.15, 0.2) is 18.2 Å². The van der Waals surface area contributed by atoms with Crippen LogP contribution in [0.25, 0.3) is 0 Å². The van der Waals surface area contributed by atoms with Gasteiger partial charge in [0.2, 0.25) is 5.95 Å². The van der Waals surface area contributed by atoms with Gasteiger partial charge in [0, 0.05) is 12.1 Å². The minimum absolute atomic E-state index is 0.0127. The molecule has 1 atom stereocenters. The standard InChI is InChI=1S/C12H17FN2O2/c1-3-12(2,7-8-16)15-11(17)9-5-4-6-10(13)14-9/h4-6,16H,3,7-8H2,1-2H3,(H,15,17). The Kier molecular flexibility index (Phi) is 4.57. The van der Waals surface area contributed by atoms with Crippen LogP contribution >= 0.6 is 0 Å². The summed E-state index contributed by atoms with van der Waals surface area (Å²) in [6.45, 7) is 3.73. The average molecular weight is 240 g/mol. The maximum atomic E-state index is 12.9. The highest BCUT2D eigenvalue weighted by Crippen LogP contribution is 2.14. The molecule has 1 aromatic rings. The van der Waals surface area contributed by atoms with Gasteiger partial charge in [-0.1, -0.05) is 13.0 Å². The lowest BCUT2D eigenvalue weighted by Crippen LogP contribution is -2.46. The van der Waals surface area contributed by atoms with Crippen LogP contribution in [0.2, 0.25) is 0 Å². The Morgan fingerprint density at radius 2 is 2.29 bits per heavy atom. The summed E-state index contributed by atoms with van der Waals surface area (Å²) in [5.74, 6) is -1.11. The first-order valence-electron chi connectivity index (χ1n) is 5.56. The van der Waals surface area contributed by atoms with Crippen LogP contribution in [0.5, 0.6) is 0 Å². The third-order valence-electron chi connectivity index (χ3n) is 2.81. The Labute approximate surface area is 99.9 Å². The molecule has 1 unspecified atom stereocenters. The molecule has 17 heavy (non-hydrogen) atoms. The fourth-order valence-corrected chi connectivity index (χ4v) is 1.45. The summed E-state index contributed by atoms with van der Waals surface area (Å²) in [7, 11) is 0. The molecule has 94 valence electrons. The van der Waals surface area contributed by atoms with Gasteiger partial charge in [-0.15, -0.1) is 0 Å². The summed E-state index contributed by atoms with van der Waals surface area (Å²) in [6, 6.07) is 4.07. The van der Waals surface area contributed by atoms with E-state index >= 15 is 0 Å². The minimum Gasteiger partial charge on any atom is -0.396 e. The van der Waals surface area contributed by atoms with Gasteiger partial charge >= 0.3 is 0 Å². The van der Waals surface area contributed by atoms with E-state index in [9.17, 15) is 9.18 Å². The molecule has 0 aliphatic rings. The molecule has 0 bridgehead atoms. The predicted octanol–water partition coefficient (Wildman–Crippen LogP) is 1.50. The highest BCUT2D eigenvalue weighted by molar-refractivity contribution is 5.92. The molecule has 1 heterocycles. The van der Waals surface area contributed by atoms with E-state index in [1.54, 1.807) is 0 Å². The zero-order valence-corrected chi connectivity index (χ0v) is 10.0. The van der Waals surface area contributed by atoms with Crippen LogP contribution in [0.3, 0.4) is 0 Å². The number of aromatic nitrogens is 1.